The Kier molecular flexibility index (Phi) is 2.78. The molecule has 1 aliphatic carbocycles. The van der Waals surface area contributed by atoms with Crippen molar-refractivity contribution in [2.45, 2.75) is 38.4 Å². The molecule has 0 saturated heterocycles. The van der Waals surface area contributed by atoms with Gasteiger partial charge in [-0.15, -0.1) is 0 Å². The Morgan fingerprint density at radius 1 is 1.17 bits per heavy atom. The minimum absolute atomic E-state index is 0.288. The molecule has 0 aromatic carbocycles. The van der Waals surface area contributed by atoms with Crippen LogP contribution in [0, 0.1) is 11.8 Å². The average molecular weight is 191 g/mol. The van der Waals surface area contributed by atoms with Crippen LogP contribution in [0.15, 0.2) is 0 Å². The molecule has 1 saturated carbocycles. The van der Waals surface area contributed by atoms with Gasteiger partial charge in [-0.2, -0.15) is 0 Å². The number of primary sulfonamides is 1. The maximum absolute atomic E-state index is 11.0. The zero-order chi connectivity index (χ0) is 9.35. The third kappa shape index (κ3) is 2.20. The molecule has 3 unspecified atom stereocenters. The molecule has 0 radical (unpaired) electrons. The predicted octanol–water partition coefficient (Wildman–Crippen LogP) is 1.10. The zero-order valence-electron chi connectivity index (χ0n) is 7.66. The molecule has 1 fully saturated rings. The first-order chi connectivity index (χ1) is 5.41. The summed E-state index contributed by atoms with van der Waals surface area (Å²) in [4.78, 5) is 0. The third-order valence-corrected chi connectivity index (χ3v) is 4.37. The standard InChI is InChI=1S/C8H17NO2S/c1-6-3-4-8(5-7(6)2)12(9,10)11/h6-8H,3-5H2,1-2H3,(H2,9,10,11). The van der Waals surface area contributed by atoms with Crippen molar-refractivity contribution in [2.24, 2.45) is 17.0 Å². The lowest BCUT2D eigenvalue weighted by atomic mass is 9.81. The SMILES string of the molecule is CC1CCC(S(N)(=O)=O)CC1C. The maximum Gasteiger partial charge on any atom is 0.211 e. The monoisotopic (exact) mass is 191 g/mol. The number of hydrogen-bond donors (Lipinski definition) is 1. The van der Waals surface area contributed by atoms with Crippen LogP contribution in [-0.4, -0.2) is 13.7 Å². The van der Waals surface area contributed by atoms with Crippen LogP contribution in [0.3, 0.4) is 0 Å². The largest absolute Gasteiger partial charge is 0.228 e. The average Bonchev–Trinajstić information content (AvgIpc) is 1.92. The van der Waals surface area contributed by atoms with Crippen molar-refractivity contribution >= 4 is 10.0 Å². The molecule has 3 atom stereocenters. The maximum atomic E-state index is 11.0. The van der Waals surface area contributed by atoms with E-state index in [1.54, 1.807) is 0 Å². The summed E-state index contributed by atoms with van der Waals surface area (Å²) in [6, 6.07) is 0. The lowest BCUT2D eigenvalue weighted by Crippen LogP contribution is -2.35. The fourth-order valence-electron chi connectivity index (χ4n) is 1.80. The second-order valence-electron chi connectivity index (χ2n) is 3.98. The first-order valence-corrected chi connectivity index (χ1v) is 6.04. The molecule has 0 bridgehead atoms. The third-order valence-electron chi connectivity index (χ3n) is 3.01. The zero-order valence-corrected chi connectivity index (χ0v) is 8.47. The summed E-state index contributed by atoms with van der Waals surface area (Å²) in [6.07, 6.45) is 2.46. The summed E-state index contributed by atoms with van der Waals surface area (Å²) < 4.78 is 22.0. The molecule has 3 nitrogen and oxygen atoms in total. The summed E-state index contributed by atoms with van der Waals surface area (Å²) >= 11 is 0. The van der Waals surface area contributed by atoms with Crippen molar-refractivity contribution in [1.82, 2.24) is 0 Å². The lowest BCUT2D eigenvalue weighted by Gasteiger charge is -2.30. The Hall–Kier alpha value is -0.0900. The fourth-order valence-corrected chi connectivity index (χ4v) is 2.83. The molecule has 2 N–H and O–H groups in total. The fraction of sp³-hybridized carbons (Fsp3) is 1.00. The highest BCUT2D eigenvalue weighted by molar-refractivity contribution is 7.89. The first-order valence-electron chi connectivity index (χ1n) is 4.43. The van der Waals surface area contributed by atoms with E-state index in [0.29, 0.717) is 11.8 Å². The van der Waals surface area contributed by atoms with Crippen LogP contribution in [0.25, 0.3) is 0 Å². The molecule has 0 aliphatic heterocycles. The van der Waals surface area contributed by atoms with Gasteiger partial charge in [0.15, 0.2) is 0 Å². The number of rotatable bonds is 1. The van der Waals surface area contributed by atoms with Gasteiger partial charge in [-0.25, -0.2) is 13.6 Å². The van der Waals surface area contributed by atoms with E-state index in [1.807, 2.05) is 0 Å². The molecule has 1 aliphatic rings. The number of nitrogens with two attached hydrogens (primary N) is 1. The van der Waals surface area contributed by atoms with Crippen LogP contribution in [0.1, 0.15) is 33.1 Å². The van der Waals surface area contributed by atoms with Crippen LogP contribution in [0.4, 0.5) is 0 Å². The van der Waals surface area contributed by atoms with Gasteiger partial charge in [0.1, 0.15) is 0 Å². The van der Waals surface area contributed by atoms with Gasteiger partial charge in [0.05, 0.1) is 5.25 Å². The topological polar surface area (TPSA) is 60.2 Å². The van der Waals surface area contributed by atoms with E-state index in [0.717, 1.165) is 19.3 Å². The van der Waals surface area contributed by atoms with Gasteiger partial charge in [0, 0.05) is 0 Å². The second-order valence-corrected chi connectivity index (χ2v) is 5.82. The summed E-state index contributed by atoms with van der Waals surface area (Å²) in [5, 5.41) is 4.80. The Morgan fingerprint density at radius 2 is 1.75 bits per heavy atom. The first kappa shape index (κ1) is 9.99. The quantitative estimate of drug-likeness (QED) is 0.674. The normalized spacial score (nSPS) is 38.1. The van der Waals surface area contributed by atoms with E-state index in [9.17, 15) is 8.42 Å². The van der Waals surface area contributed by atoms with Gasteiger partial charge in [0.25, 0.3) is 0 Å². The minimum atomic E-state index is -3.28. The van der Waals surface area contributed by atoms with Crippen molar-refractivity contribution in [3.05, 3.63) is 0 Å². The second kappa shape index (κ2) is 3.34. The molecule has 12 heavy (non-hydrogen) atoms. The van der Waals surface area contributed by atoms with Crippen molar-refractivity contribution < 1.29 is 8.42 Å². The van der Waals surface area contributed by atoms with Crippen molar-refractivity contribution in [1.29, 1.82) is 0 Å². The highest BCUT2D eigenvalue weighted by Gasteiger charge is 2.30. The van der Waals surface area contributed by atoms with Crippen LogP contribution >= 0.6 is 0 Å². The van der Waals surface area contributed by atoms with E-state index in [2.05, 4.69) is 13.8 Å². The van der Waals surface area contributed by atoms with E-state index >= 15 is 0 Å². The summed E-state index contributed by atoms with van der Waals surface area (Å²) in [6.45, 7) is 4.27. The molecule has 0 aromatic rings. The van der Waals surface area contributed by atoms with E-state index in [-0.39, 0.29) is 5.25 Å². The van der Waals surface area contributed by atoms with Gasteiger partial charge in [0.2, 0.25) is 10.0 Å². The van der Waals surface area contributed by atoms with Crippen LogP contribution in [-0.2, 0) is 10.0 Å². The summed E-state index contributed by atoms with van der Waals surface area (Å²) in [5.74, 6) is 1.13. The van der Waals surface area contributed by atoms with Gasteiger partial charge < -0.3 is 0 Å². The molecule has 0 heterocycles. The number of sulfonamides is 1. The van der Waals surface area contributed by atoms with Crippen molar-refractivity contribution in [3.63, 3.8) is 0 Å². The van der Waals surface area contributed by atoms with E-state index in [1.165, 1.54) is 0 Å². The molecule has 0 aromatic heterocycles. The Labute approximate surface area is 74.4 Å². The van der Waals surface area contributed by atoms with Crippen molar-refractivity contribution in [3.8, 4) is 0 Å². The van der Waals surface area contributed by atoms with Gasteiger partial charge in [-0.3, -0.25) is 0 Å². The molecular weight excluding hydrogens is 174 g/mol. The van der Waals surface area contributed by atoms with Crippen LogP contribution in [0.2, 0.25) is 0 Å². The predicted molar refractivity (Wildman–Crippen MR) is 49.1 cm³/mol. The summed E-state index contributed by atoms with van der Waals surface area (Å²) in [5.41, 5.74) is 0. The number of hydrogen-bond acceptors (Lipinski definition) is 2. The van der Waals surface area contributed by atoms with Gasteiger partial charge >= 0.3 is 0 Å². The molecular formula is C8H17NO2S. The van der Waals surface area contributed by atoms with Gasteiger partial charge in [-0.05, 0) is 31.1 Å². The highest BCUT2D eigenvalue weighted by atomic mass is 32.2. The molecule has 0 amide bonds. The Bertz CT molecular complexity index is 248. The van der Waals surface area contributed by atoms with Crippen LogP contribution in [0.5, 0.6) is 0 Å². The highest BCUT2D eigenvalue weighted by Crippen LogP contribution is 2.31. The smallest absolute Gasteiger partial charge is 0.211 e. The van der Waals surface area contributed by atoms with Gasteiger partial charge in [-0.1, -0.05) is 13.8 Å². The molecule has 4 heteroatoms. The molecule has 72 valence electrons. The minimum Gasteiger partial charge on any atom is -0.228 e. The van der Waals surface area contributed by atoms with E-state index < -0.39 is 10.0 Å². The molecule has 0 spiro atoms. The lowest BCUT2D eigenvalue weighted by molar-refractivity contribution is 0.278. The summed E-state index contributed by atoms with van der Waals surface area (Å²) in [7, 11) is -3.28. The Morgan fingerprint density at radius 3 is 2.17 bits per heavy atom. The molecule has 1 rings (SSSR count). The van der Waals surface area contributed by atoms with Crippen molar-refractivity contribution in [2.75, 3.05) is 0 Å². The van der Waals surface area contributed by atoms with E-state index in [4.69, 9.17) is 5.14 Å². The van der Waals surface area contributed by atoms with Crippen LogP contribution < -0.4 is 5.14 Å². The Balaban J connectivity index is 2.64.